The largest absolute Gasteiger partial charge is 0.492 e. The van der Waals surface area contributed by atoms with Crippen LogP contribution in [-0.2, 0) is 5.41 Å². The lowest BCUT2D eigenvalue weighted by atomic mass is 9.48. The normalized spacial score (nSPS) is 26.5. The highest BCUT2D eigenvalue weighted by atomic mass is 16.5. The molecular weight excluding hydrogens is 450 g/mol. The fraction of sp³-hybridized carbons (Fsp3) is 0.467. The van der Waals surface area contributed by atoms with E-state index in [0.717, 1.165) is 52.6 Å². The lowest BCUT2D eigenvalue weighted by Crippen LogP contribution is -2.48. The summed E-state index contributed by atoms with van der Waals surface area (Å²) in [6.07, 6.45) is 8.11. The van der Waals surface area contributed by atoms with Crippen molar-refractivity contribution in [1.82, 2.24) is 15.1 Å². The zero-order valence-corrected chi connectivity index (χ0v) is 21.2. The zero-order chi connectivity index (χ0) is 24.9. The molecule has 6 nitrogen and oxygen atoms in total. The van der Waals surface area contributed by atoms with Gasteiger partial charge in [0.2, 0.25) is 0 Å². The number of carboxylic acids is 1. The van der Waals surface area contributed by atoms with E-state index in [2.05, 4.69) is 53.5 Å². The van der Waals surface area contributed by atoms with Crippen LogP contribution in [0.5, 0.6) is 5.75 Å². The molecule has 3 aromatic rings. The molecule has 0 spiro atoms. The van der Waals surface area contributed by atoms with E-state index >= 15 is 0 Å². The van der Waals surface area contributed by atoms with Crippen molar-refractivity contribution in [2.75, 3.05) is 27.2 Å². The summed E-state index contributed by atoms with van der Waals surface area (Å²) < 4.78 is 6.42. The third-order valence-electron chi connectivity index (χ3n) is 8.70. The predicted molar refractivity (Wildman–Crippen MR) is 140 cm³/mol. The van der Waals surface area contributed by atoms with Gasteiger partial charge in [-0.15, -0.1) is 0 Å². The number of hydrogen-bond acceptors (Lipinski definition) is 4. The van der Waals surface area contributed by atoms with Crippen molar-refractivity contribution in [3.63, 3.8) is 0 Å². The fourth-order valence-electron chi connectivity index (χ4n) is 7.42. The van der Waals surface area contributed by atoms with Gasteiger partial charge >= 0.3 is 5.97 Å². The molecule has 4 aliphatic carbocycles. The maximum Gasteiger partial charge on any atom is 0.335 e. The van der Waals surface area contributed by atoms with E-state index in [1.165, 1.54) is 44.1 Å². The number of H-pyrrole nitrogens is 1. The minimum absolute atomic E-state index is 0.226. The number of likely N-dealkylation sites (N-methyl/N-ethyl adjacent to an activating group) is 1. The quantitative estimate of drug-likeness (QED) is 0.418. The van der Waals surface area contributed by atoms with E-state index < -0.39 is 5.97 Å². The molecule has 0 atom stereocenters. The highest BCUT2D eigenvalue weighted by Crippen LogP contribution is 2.62. The van der Waals surface area contributed by atoms with E-state index in [1.807, 2.05) is 12.1 Å². The van der Waals surface area contributed by atoms with Crippen LogP contribution in [0.15, 0.2) is 48.5 Å². The minimum atomic E-state index is -0.919. The molecule has 2 N–H and O–H groups in total. The third-order valence-corrected chi connectivity index (χ3v) is 8.70. The average molecular weight is 486 g/mol. The second-order valence-electron chi connectivity index (χ2n) is 11.6. The van der Waals surface area contributed by atoms with Gasteiger partial charge < -0.3 is 14.7 Å². The summed E-state index contributed by atoms with van der Waals surface area (Å²) in [6, 6.07) is 15.6. The molecule has 0 radical (unpaired) electrons. The van der Waals surface area contributed by atoms with Crippen molar-refractivity contribution in [3.8, 4) is 28.3 Å². The summed E-state index contributed by atoms with van der Waals surface area (Å²) >= 11 is 0. The monoisotopic (exact) mass is 485 g/mol. The fourth-order valence-corrected chi connectivity index (χ4v) is 7.42. The number of carbonyl (C=O) groups is 1. The first kappa shape index (κ1) is 23.3. The Morgan fingerprint density at radius 1 is 1.00 bits per heavy atom. The number of nitrogens with one attached hydrogen (secondary N) is 1. The number of ether oxygens (including phenoxy) is 1. The first-order valence-corrected chi connectivity index (χ1v) is 13.2. The first-order valence-electron chi connectivity index (χ1n) is 13.2. The number of rotatable bonds is 8. The SMILES string of the molecule is CN(C)CCOc1ccc(-c2cc(-c3ccc(C(=O)O)cc3)[nH]n2)cc1C12CC3CC(CC(C3)C1)C2. The lowest BCUT2D eigenvalue weighted by Gasteiger charge is -2.57. The Hall–Kier alpha value is -3.12. The molecule has 4 bridgehead atoms. The molecule has 0 amide bonds. The molecule has 6 heteroatoms. The first-order chi connectivity index (χ1) is 17.4. The Morgan fingerprint density at radius 2 is 1.64 bits per heavy atom. The van der Waals surface area contributed by atoms with E-state index in [4.69, 9.17) is 4.74 Å². The minimum Gasteiger partial charge on any atom is -0.492 e. The number of hydrogen-bond donors (Lipinski definition) is 2. The molecule has 1 heterocycles. The number of nitrogens with zero attached hydrogens (tertiary/aromatic N) is 2. The highest BCUT2D eigenvalue weighted by Gasteiger charge is 2.52. The van der Waals surface area contributed by atoms with Crippen LogP contribution in [0, 0.1) is 17.8 Å². The van der Waals surface area contributed by atoms with Crippen LogP contribution in [0.2, 0.25) is 0 Å². The maximum absolute atomic E-state index is 11.2. The standard InChI is InChI=1S/C30H35N3O3/c1-33(2)9-10-36-28-8-7-24(14-25(28)30-16-19-11-20(17-30)13-21(12-19)18-30)27-15-26(31-32-27)22-3-5-23(6-4-22)29(34)35/h3-8,14-15,19-21H,9-13,16-18H2,1-2H3,(H,31,32)(H,34,35). The molecule has 7 rings (SSSR count). The van der Waals surface area contributed by atoms with Crippen LogP contribution in [0.25, 0.3) is 22.5 Å². The molecule has 4 aliphatic rings. The van der Waals surface area contributed by atoms with Gasteiger partial charge in [-0.2, -0.15) is 5.10 Å². The van der Waals surface area contributed by atoms with Crippen molar-refractivity contribution in [3.05, 3.63) is 59.7 Å². The Bertz CT molecular complexity index is 1230. The van der Waals surface area contributed by atoms with Gasteiger partial charge in [0.1, 0.15) is 12.4 Å². The van der Waals surface area contributed by atoms with Crippen molar-refractivity contribution in [2.24, 2.45) is 17.8 Å². The van der Waals surface area contributed by atoms with E-state index in [9.17, 15) is 9.90 Å². The Labute approximate surface area is 212 Å². The number of aromatic amines is 1. The summed E-state index contributed by atoms with van der Waals surface area (Å²) in [5, 5.41) is 17.0. The topological polar surface area (TPSA) is 78.5 Å². The van der Waals surface area contributed by atoms with Gasteiger partial charge in [0.05, 0.1) is 17.0 Å². The van der Waals surface area contributed by atoms with Gasteiger partial charge in [-0.1, -0.05) is 12.1 Å². The van der Waals surface area contributed by atoms with Crippen molar-refractivity contribution in [2.45, 2.75) is 43.9 Å². The number of benzene rings is 2. The van der Waals surface area contributed by atoms with Gasteiger partial charge in [-0.3, -0.25) is 5.10 Å². The summed E-state index contributed by atoms with van der Waals surface area (Å²) in [5.74, 6) is 2.71. The highest BCUT2D eigenvalue weighted by molar-refractivity contribution is 5.88. The van der Waals surface area contributed by atoms with Crippen LogP contribution in [0.4, 0.5) is 0 Å². The summed E-state index contributed by atoms with van der Waals surface area (Å²) in [4.78, 5) is 13.4. The molecule has 4 saturated carbocycles. The van der Waals surface area contributed by atoms with Gasteiger partial charge in [-0.05, 0) is 118 Å². The second-order valence-corrected chi connectivity index (χ2v) is 11.6. The predicted octanol–water partition coefficient (Wildman–Crippen LogP) is 5.85. The van der Waals surface area contributed by atoms with Crippen LogP contribution < -0.4 is 4.74 Å². The molecule has 4 fully saturated rings. The lowest BCUT2D eigenvalue weighted by molar-refractivity contribution is -0.00640. The summed E-state index contributed by atoms with van der Waals surface area (Å²) in [6.45, 7) is 1.58. The Kier molecular flexibility index (Phi) is 5.87. The third kappa shape index (κ3) is 4.32. The van der Waals surface area contributed by atoms with Gasteiger partial charge in [0.25, 0.3) is 0 Å². The van der Waals surface area contributed by atoms with Crippen LogP contribution in [0.3, 0.4) is 0 Å². The van der Waals surface area contributed by atoms with E-state index in [1.54, 1.807) is 12.1 Å². The molecule has 1 aromatic heterocycles. The van der Waals surface area contributed by atoms with Crippen LogP contribution in [-0.4, -0.2) is 53.4 Å². The van der Waals surface area contributed by atoms with Gasteiger partial charge in [-0.25, -0.2) is 4.79 Å². The van der Waals surface area contributed by atoms with Crippen molar-refractivity contribution < 1.29 is 14.6 Å². The second kappa shape index (κ2) is 9.07. The number of aromatic carboxylic acids is 1. The average Bonchev–Trinajstić information content (AvgIpc) is 3.33. The van der Waals surface area contributed by atoms with Crippen molar-refractivity contribution in [1.29, 1.82) is 0 Å². The summed E-state index contributed by atoms with van der Waals surface area (Å²) in [7, 11) is 4.16. The van der Waals surface area contributed by atoms with E-state index in [-0.39, 0.29) is 11.0 Å². The number of aromatic nitrogens is 2. The van der Waals surface area contributed by atoms with Gasteiger partial charge in [0, 0.05) is 17.7 Å². The zero-order valence-electron chi connectivity index (χ0n) is 21.2. The maximum atomic E-state index is 11.2. The van der Waals surface area contributed by atoms with Gasteiger partial charge in [0.15, 0.2) is 0 Å². The Balaban J connectivity index is 1.34. The summed E-state index contributed by atoms with van der Waals surface area (Å²) in [5.41, 5.74) is 5.69. The number of carboxylic acid groups (broad SMARTS) is 1. The molecule has 0 aliphatic heterocycles. The molecule has 0 unspecified atom stereocenters. The smallest absolute Gasteiger partial charge is 0.335 e. The Morgan fingerprint density at radius 3 is 2.25 bits per heavy atom. The molecule has 188 valence electrons. The van der Waals surface area contributed by atoms with Crippen molar-refractivity contribution >= 4 is 5.97 Å². The van der Waals surface area contributed by atoms with E-state index in [0.29, 0.717) is 6.61 Å². The molecule has 2 aromatic carbocycles. The molecule has 36 heavy (non-hydrogen) atoms. The molecule has 0 saturated heterocycles. The van der Waals surface area contributed by atoms with Crippen LogP contribution in [0.1, 0.15) is 54.4 Å². The molecular formula is C30H35N3O3. The van der Waals surface area contributed by atoms with Crippen LogP contribution >= 0.6 is 0 Å².